The van der Waals surface area contributed by atoms with Crippen LogP contribution in [0.25, 0.3) is 0 Å². The van der Waals surface area contributed by atoms with Crippen molar-refractivity contribution in [2.45, 2.75) is 321 Å². The van der Waals surface area contributed by atoms with Crippen LogP contribution in [0.5, 0.6) is 0 Å². The van der Waals surface area contributed by atoms with Crippen molar-refractivity contribution in [2.75, 3.05) is 40.9 Å². The lowest BCUT2D eigenvalue weighted by Gasteiger charge is -2.25. The van der Waals surface area contributed by atoms with Gasteiger partial charge in [0.25, 0.3) is 0 Å². The summed E-state index contributed by atoms with van der Waals surface area (Å²) in [4.78, 5) is 23.3. The van der Waals surface area contributed by atoms with Crippen LogP contribution in [-0.2, 0) is 18.4 Å². The highest BCUT2D eigenvalue weighted by atomic mass is 31.2. The Balaban J connectivity index is 4.00. The largest absolute Gasteiger partial charge is 0.472 e. The van der Waals surface area contributed by atoms with Crippen molar-refractivity contribution in [1.29, 1.82) is 0 Å². The molecule has 1 amide bonds. The zero-order valence-electron chi connectivity index (χ0n) is 47.5. The van der Waals surface area contributed by atoms with E-state index in [1.807, 2.05) is 27.2 Å². The molecule has 416 valence electrons. The normalized spacial score (nSPS) is 14.0. The molecule has 9 heteroatoms. The van der Waals surface area contributed by atoms with Crippen LogP contribution in [-0.4, -0.2) is 73.4 Å². The third-order valence-corrected chi connectivity index (χ3v) is 15.1. The van der Waals surface area contributed by atoms with Crippen molar-refractivity contribution in [2.24, 2.45) is 0 Å². The first-order valence-electron chi connectivity index (χ1n) is 30.7. The number of quaternary nitrogens is 1. The van der Waals surface area contributed by atoms with Crippen LogP contribution in [0.3, 0.4) is 0 Å². The number of aliphatic hydroxyl groups excluding tert-OH is 1. The number of amides is 1. The van der Waals surface area contributed by atoms with E-state index in [-0.39, 0.29) is 19.1 Å². The molecule has 8 nitrogen and oxygen atoms in total. The highest BCUT2D eigenvalue weighted by molar-refractivity contribution is 7.47. The summed E-state index contributed by atoms with van der Waals surface area (Å²) >= 11 is 0. The van der Waals surface area contributed by atoms with Crippen LogP contribution in [0.15, 0.2) is 24.3 Å². The van der Waals surface area contributed by atoms with Gasteiger partial charge in [0.1, 0.15) is 13.2 Å². The lowest BCUT2D eigenvalue weighted by Crippen LogP contribution is -2.45. The molecule has 0 fully saturated rings. The molecule has 0 aromatic rings. The first-order valence-corrected chi connectivity index (χ1v) is 32.2. The van der Waals surface area contributed by atoms with Crippen LogP contribution in [0.1, 0.15) is 309 Å². The quantitative estimate of drug-likeness (QED) is 0.0243. The molecule has 0 saturated carbocycles. The Hall–Kier alpha value is -1.02. The number of phosphoric acid groups is 1. The van der Waals surface area contributed by atoms with Crippen LogP contribution in [0.4, 0.5) is 0 Å². The second-order valence-electron chi connectivity index (χ2n) is 22.4. The summed E-state index contributed by atoms with van der Waals surface area (Å²) in [5, 5.41) is 13.9. The van der Waals surface area contributed by atoms with Gasteiger partial charge in [-0.05, 0) is 44.9 Å². The predicted octanol–water partition coefficient (Wildman–Crippen LogP) is 18.8. The number of allylic oxidation sites excluding steroid dienone is 3. The van der Waals surface area contributed by atoms with E-state index in [4.69, 9.17) is 9.05 Å². The number of hydrogen-bond acceptors (Lipinski definition) is 5. The Morgan fingerprint density at radius 1 is 0.471 bits per heavy atom. The fraction of sp³-hybridized carbons (Fsp3) is 0.918. The number of aliphatic hydroxyl groups is 1. The molecule has 0 aromatic heterocycles. The van der Waals surface area contributed by atoms with Crippen molar-refractivity contribution in [3.05, 3.63) is 24.3 Å². The number of nitrogens with zero attached hydrogens (tertiary/aromatic N) is 1. The predicted molar refractivity (Wildman–Crippen MR) is 305 cm³/mol. The summed E-state index contributed by atoms with van der Waals surface area (Å²) in [7, 11) is 1.59. The van der Waals surface area contributed by atoms with E-state index in [1.165, 1.54) is 250 Å². The highest BCUT2D eigenvalue weighted by Crippen LogP contribution is 2.43. The Bertz CT molecular complexity index is 1190. The van der Waals surface area contributed by atoms with Crippen LogP contribution in [0, 0.1) is 0 Å². The molecule has 0 spiro atoms. The maximum absolute atomic E-state index is 13.0. The Morgan fingerprint density at radius 3 is 1.10 bits per heavy atom. The number of hydrogen-bond donors (Lipinski definition) is 3. The molecule has 0 aliphatic rings. The maximum atomic E-state index is 13.0. The molecule has 3 atom stereocenters. The fourth-order valence-electron chi connectivity index (χ4n) is 9.33. The molecular weight excluding hydrogens is 888 g/mol. The van der Waals surface area contributed by atoms with Crippen molar-refractivity contribution in [3.63, 3.8) is 0 Å². The zero-order chi connectivity index (χ0) is 51.3. The molecule has 3 N–H and O–H groups in total. The Morgan fingerprint density at radius 2 is 0.771 bits per heavy atom. The summed E-state index contributed by atoms with van der Waals surface area (Å²) in [5.41, 5.74) is 0. The van der Waals surface area contributed by atoms with Crippen molar-refractivity contribution in [1.82, 2.24) is 5.32 Å². The topological polar surface area (TPSA) is 105 Å². The van der Waals surface area contributed by atoms with Gasteiger partial charge in [0.15, 0.2) is 0 Å². The van der Waals surface area contributed by atoms with E-state index in [1.54, 1.807) is 6.08 Å². The third kappa shape index (κ3) is 54.7. The van der Waals surface area contributed by atoms with E-state index in [0.717, 1.165) is 38.5 Å². The number of likely N-dealkylation sites (N-methyl/N-ethyl adjacent to an activating group) is 1. The summed E-state index contributed by atoms with van der Waals surface area (Å²) in [6, 6.07) is -0.843. The summed E-state index contributed by atoms with van der Waals surface area (Å²) in [6.07, 6.45) is 67.3. The molecule has 0 aliphatic carbocycles. The minimum absolute atomic E-state index is 0.0639. The fourth-order valence-corrected chi connectivity index (χ4v) is 10.1. The van der Waals surface area contributed by atoms with Gasteiger partial charge in [-0.25, -0.2) is 4.57 Å². The SMILES string of the molecule is CCCCCCCCCCCCCC/C=C\CCCCCCCCCCCCCCCCCCCC(=O)NC(COP(=O)(O)OCC[N+](C)(C)C)C(O)/C=C/CCCCCCCCCCCCCCC. The van der Waals surface area contributed by atoms with Gasteiger partial charge in [0.05, 0.1) is 39.9 Å². The first kappa shape index (κ1) is 69.0. The number of carbonyl (C=O) groups is 1. The summed E-state index contributed by atoms with van der Waals surface area (Å²) in [6.45, 7) is 4.85. The van der Waals surface area contributed by atoms with Crippen LogP contribution < -0.4 is 5.32 Å². The van der Waals surface area contributed by atoms with Crippen molar-refractivity contribution >= 4 is 13.7 Å². The van der Waals surface area contributed by atoms with Crippen molar-refractivity contribution in [3.8, 4) is 0 Å². The smallest absolute Gasteiger partial charge is 0.387 e. The second-order valence-corrected chi connectivity index (χ2v) is 23.9. The average Bonchev–Trinajstić information content (AvgIpc) is 3.32. The second kappa shape index (κ2) is 52.8. The number of rotatable bonds is 57. The molecule has 3 unspecified atom stereocenters. The first-order chi connectivity index (χ1) is 34.0. The van der Waals surface area contributed by atoms with E-state index in [0.29, 0.717) is 17.4 Å². The molecule has 0 aliphatic heterocycles. The highest BCUT2D eigenvalue weighted by Gasteiger charge is 2.27. The molecule has 70 heavy (non-hydrogen) atoms. The number of phosphoric ester groups is 1. The van der Waals surface area contributed by atoms with Crippen LogP contribution >= 0.6 is 7.82 Å². The molecule has 0 radical (unpaired) electrons. The maximum Gasteiger partial charge on any atom is 0.472 e. The summed E-state index contributed by atoms with van der Waals surface area (Å²) in [5.74, 6) is -0.172. The Labute approximate surface area is 436 Å². The number of carbonyl (C=O) groups excluding carboxylic acids is 1. The van der Waals surface area contributed by atoms with Gasteiger partial charge in [-0.1, -0.05) is 282 Å². The van der Waals surface area contributed by atoms with Crippen LogP contribution in [0.2, 0.25) is 0 Å². The Kier molecular flexibility index (Phi) is 52.1. The van der Waals surface area contributed by atoms with Crippen molar-refractivity contribution < 1.29 is 32.9 Å². The van der Waals surface area contributed by atoms with Gasteiger partial charge in [0, 0.05) is 6.42 Å². The molecular formula is C61H122N2O6P+. The number of unbranched alkanes of at least 4 members (excludes halogenated alkanes) is 42. The van der Waals surface area contributed by atoms with Gasteiger partial charge < -0.3 is 19.8 Å². The van der Waals surface area contributed by atoms with Gasteiger partial charge >= 0.3 is 7.82 Å². The average molecular weight is 1010 g/mol. The molecule has 0 bridgehead atoms. The molecule has 0 heterocycles. The summed E-state index contributed by atoms with van der Waals surface area (Å²) < 4.78 is 23.7. The zero-order valence-corrected chi connectivity index (χ0v) is 48.4. The van der Waals surface area contributed by atoms with Gasteiger partial charge in [-0.15, -0.1) is 0 Å². The van der Waals surface area contributed by atoms with Gasteiger partial charge in [-0.3, -0.25) is 13.8 Å². The van der Waals surface area contributed by atoms with E-state index in [9.17, 15) is 19.4 Å². The molecule has 0 saturated heterocycles. The lowest BCUT2D eigenvalue weighted by atomic mass is 10.0. The molecule has 0 aromatic carbocycles. The van der Waals surface area contributed by atoms with E-state index in [2.05, 4.69) is 31.3 Å². The van der Waals surface area contributed by atoms with E-state index >= 15 is 0 Å². The monoisotopic (exact) mass is 1010 g/mol. The van der Waals surface area contributed by atoms with Gasteiger partial charge in [-0.2, -0.15) is 0 Å². The minimum atomic E-state index is -4.34. The third-order valence-electron chi connectivity index (χ3n) is 14.2. The molecule has 0 rings (SSSR count). The lowest BCUT2D eigenvalue weighted by molar-refractivity contribution is -0.870. The number of nitrogens with one attached hydrogen (secondary N) is 1. The standard InChI is InChI=1S/C61H121N2O6P/c1-6-8-10-12-14-16-18-20-22-23-24-25-26-27-28-29-30-31-32-33-34-35-36-37-38-39-41-43-45-47-49-51-53-55-61(65)62-59(58-69-70(66,67)68-57-56-63(3,4)5)60(64)54-52-50-48-46-44-42-40-21-19-17-15-13-11-9-7-2/h27-28,52,54,59-60,64H,6-26,29-51,53,55-58H2,1-5H3,(H-,62,65,66,67)/p+1/b28-27-,54-52+. The van der Waals surface area contributed by atoms with E-state index < -0.39 is 20.0 Å². The van der Waals surface area contributed by atoms with Gasteiger partial charge in [0.2, 0.25) is 5.91 Å². The minimum Gasteiger partial charge on any atom is -0.387 e.